The molecule has 4 rings (SSSR count). The minimum absolute atomic E-state index is 0.0715. The molecule has 0 saturated carbocycles. The van der Waals surface area contributed by atoms with Crippen molar-refractivity contribution in [2.75, 3.05) is 13.1 Å². The first-order valence-corrected chi connectivity index (χ1v) is 8.58. The summed E-state index contributed by atoms with van der Waals surface area (Å²) in [6.45, 7) is 2.45. The third-order valence-corrected chi connectivity index (χ3v) is 4.84. The molecule has 1 aliphatic heterocycles. The molecule has 0 fully saturated rings. The summed E-state index contributed by atoms with van der Waals surface area (Å²) in [6, 6.07) is 15.9. The highest BCUT2D eigenvalue weighted by Crippen LogP contribution is 2.15. The number of nitrogens with one attached hydrogen (secondary N) is 2. The molecule has 1 aliphatic rings. The van der Waals surface area contributed by atoms with Gasteiger partial charge < -0.3 is 19.1 Å². The van der Waals surface area contributed by atoms with Crippen LogP contribution in [0.5, 0.6) is 0 Å². The lowest BCUT2D eigenvalue weighted by Gasteiger charge is -2.31. The maximum Gasteiger partial charge on any atom is 0.287 e. The van der Waals surface area contributed by atoms with Gasteiger partial charge in [-0.3, -0.25) is 4.79 Å². The van der Waals surface area contributed by atoms with E-state index in [1.807, 2.05) is 12.1 Å². The summed E-state index contributed by atoms with van der Waals surface area (Å²) in [5.41, 5.74) is 2.79. The van der Waals surface area contributed by atoms with Gasteiger partial charge in [0.2, 0.25) is 0 Å². The average Bonchev–Trinajstić information content (AvgIpc) is 3.35. The maximum atomic E-state index is 12.2. The Bertz CT molecular complexity index is 825. The Hall–Kier alpha value is -2.79. The zero-order chi connectivity index (χ0) is 17.1. The number of fused-ring (bicyclic) bond motifs is 1. The predicted octanol–water partition coefficient (Wildman–Crippen LogP) is 1.98. The minimum atomic E-state index is -0.196. The maximum absolute atomic E-state index is 12.2. The van der Waals surface area contributed by atoms with Crippen LogP contribution in [0.15, 0.2) is 69.9 Å². The van der Waals surface area contributed by atoms with Crippen LogP contribution in [0.25, 0.3) is 0 Å². The molecule has 0 radical (unpaired) electrons. The lowest BCUT2D eigenvalue weighted by Crippen LogP contribution is -3.12. The van der Waals surface area contributed by atoms with Crippen molar-refractivity contribution < 1.29 is 18.5 Å². The monoisotopic (exact) mass is 337 g/mol. The molecule has 0 bridgehead atoms. The van der Waals surface area contributed by atoms with Crippen LogP contribution in [0.3, 0.4) is 0 Å². The van der Waals surface area contributed by atoms with Gasteiger partial charge in [-0.2, -0.15) is 0 Å². The Labute approximate surface area is 146 Å². The first kappa shape index (κ1) is 15.7. The number of quaternary nitrogens is 1. The largest absolute Gasteiger partial charge is 0.463 e. The average molecular weight is 337 g/mol. The highest BCUT2D eigenvalue weighted by atomic mass is 16.3. The van der Waals surface area contributed by atoms with E-state index in [-0.39, 0.29) is 11.9 Å². The summed E-state index contributed by atoms with van der Waals surface area (Å²) in [7, 11) is 0. The molecule has 2 N–H and O–H groups in total. The van der Waals surface area contributed by atoms with Crippen LogP contribution in [0.2, 0.25) is 0 Å². The fraction of sp³-hybridized carbons (Fsp3) is 0.250. The van der Waals surface area contributed by atoms with E-state index in [2.05, 4.69) is 29.6 Å². The number of hydrogen-bond donors (Lipinski definition) is 2. The first-order chi connectivity index (χ1) is 12.3. The predicted molar refractivity (Wildman–Crippen MR) is 92.2 cm³/mol. The molecule has 3 heterocycles. The zero-order valence-corrected chi connectivity index (χ0v) is 13.9. The van der Waals surface area contributed by atoms with Crippen molar-refractivity contribution in [1.29, 1.82) is 0 Å². The zero-order valence-electron chi connectivity index (χ0n) is 13.9. The van der Waals surface area contributed by atoms with Gasteiger partial charge in [-0.05, 0) is 29.8 Å². The van der Waals surface area contributed by atoms with E-state index in [0.717, 1.165) is 25.3 Å². The normalized spacial score (nSPS) is 17.7. The molecule has 1 amide bonds. The Balaban J connectivity index is 1.50. The third kappa shape index (κ3) is 3.37. The van der Waals surface area contributed by atoms with Crippen LogP contribution in [-0.2, 0) is 13.0 Å². The van der Waals surface area contributed by atoms with E-state index in [4.69, 9.17) is 8.83 Å². The van der Waals surface area contributed by atoms with Gasteiger partial charge in [0.25, 0.3) is 5.91 Å². The molecule has 5 nitrogen and oxygen atoms in total. The molecule has 2 atom stereocenters. The summed E-state index contributed by atoms with van der Waals surface area (Å²) in [5.74, 6) is 1.03. The molecule has 0 saturated heterocycles. The molecule has 5 heteroatoms. The van der Waals surface area contributed by atoms with Gasteiger partial charge in [0.05, 0.1) is 25.6 Å². The fourth-order valence-electron chi connectivity index (χ4n) is 3.52. The molecule has 0 spiro atoms. The van der Waals surface area contributed by atoms with Crippen molar-refractivity contribution in [2.45, 2.75) is 19.0 Å². The van der Waals surface area contributed by atoms with E-state index >= 15 is 0 Å². The molecule has 25 heavy (non-hydrogen) atoms. The lowest BCUT2D eigenvalue weighted by molar-refractivity contribution is -0.946. The standard InChI is InChI=1S/C20H20N2O3/c23-20(19-8-4-12-25-19)21-13-17(18-7-3-11-24-18)22-10-9-15-5-1-2-6-16(15)14-22/h1-8,11-12,17H,9-10,13-14H2,(H,21,23)/p+1/t17-/m0/s1. The number of benzene rings is 1. The second kappa shape index (κ2) is 6.99. The number of carbonyl (C=O) groups is 1. The van der Waals surface area contributed by atoms with E-state index < -0.39 is 0 Å². The third-order valence-electron chi connectivity index (χ3n) is 4.84. The van der Waals surface area contributed by atoms with Crippen LogP contribution >= 0.6 is 0 Å². The van der Waals surface area contributed by atoms with Gasteiger partial charge in [-0.1, -0.05) is 24.3 Å². The quantitative estimate of drug-likeness (QED) is 0.748. The van der Waals surface area contributed by atoms with Gasteiger partial charge in [0.1, 0.15) is 6.54 Å². The number of rotatable bonds is 5. The van der Waals surface area contributed by atoms with Crippen LogP contribution < -0.4 is 10.2 Å². The lowest BCUT2D eigenvalue weighted by atomic mass is 9.98. The van der Waals surface area contributed by atoms with Crippen molar-refractivity contribution in [3.8, 4) is 0 Å². The summed E-state index contributed by atoms with van der Waals surface area (Å²) >= 11 is 0. The number of amides is 1. The van der Waals surface area contributed by atoms with Gasteiger partial charge >= 0.3 is 0 Å². The molecule has 1 unspecified atom stereocenters. The smallest absolute Gasteiger partial charge is 0.287 e. The summed E-state index contributed by atoms with van der Waals surface area (Å²) in [5, 5.41) is 2.98. The van der Waals surface area contributed by atoms with Crippen LogP contribution in [-0.4, -0.2) is 19.0 Å². The van der Waals surface area contributed by atoms with E-state index in [0.29, 0.717) is 12.3 Å². The molecule has 0 aliphatic carbocycles. The minimum Gasteiger partial charge on any atom is -0.463 e. The Morgan fingerprint density at radius 2 is 1.84 bits per heavy atom. The number of hydrogen-bond acceptors (Lipinski definition) is 3. The molecular weight excluding hydrogens is 316 g/mol. The highest BCUT2D eigenvalue weighted by molar-refractivity contribution is 5.91. The second-order valence-corrected chi connectivity index (χ2v) is 6.36. The van der Waals surface area contributed by atoms with Gasteiger partial charge in [0, 0.05) is 12.0 Å². The SMILES string of the molecule is O=C(NC[C@@H](c1ccco1)[NH+]1CCc2ccccc2C1)c1ccco1. The molecule has 1 aromatic carbocycles. The summed E-state index contributed by atoms with van der Waals surface area (Å²) in [6.07, 6.45) is 4.23. The van der Waals surface area contributed by atoms with Crippen LogP contribution in [0, 0.1) is 0 Å². The molecule has 3 aromatic rings. The molecular formula is C20H21N2O3+. The summed E-state index contributed by atoms with van der Waals surface area (Å²) in [4.78, 5) is 13.6. The Morgan fingerprint density at radius 1 is 1.04 bits per heavy atom. The topological polar surface area (TPSA) is 59.8 Å². The van der Waals surface area contributed by atoms with E-state index in [1.165, 1.54) is 22.3 Å². The Kier molecular flexibility index (Phi) is 4.39. The molecule has 2 aromatic heterocycles. The fourth-order valence-corrected chi connectivity index (χ4v) is 3.52. The van der Waals surface area contributed by atoms with Crippen molar-refractivity contribution in [2.24, 2.45) is 0 Å². The number of carbonyl (C=O) groups excluding carboxylic acids is 1. The van der Waals surface area contributed by atoms with Crippen LogP contribution in [0.4, 0.5) is 0 Å². The van der Waals surface area contributed by atoms with E-state index in [9.17, 15) is 4.79 Å². The van der Waals surface area contributed by atoms with Gasteiger partial charge in [-0.15, -0.1) is 0 Å². The van der Waals surface area contributed by atoms with Gasteiger partial charge in [0.15, 0.2) is 17.6 Å². The van der Waals surface area contributed by atoms with Crippen molar-refractivity contribution in [1.82, 2.24) is 5.32 Å². The number of furan rings is 2. The highest BCUT2D eigenvalue weighted by Gasteiger charge is 2.30. The van der Waals surface area contributed by atoms with Crippen molar-refractivity contribution in [3.05, 3.63) is 83.7 Å². The second-order valence-electron chi connectivity index (χ2n) is 6.36. The van der Waals surface area contributed by atoms with Gasteiger partial charge in [-0.25, -0.2) is 0 Å². The Morgan fingerprint density at radius 3 is 2.60 bits per heavy atom. The van der Waals surface area contributed by atoms with Crippen molar-refractivity contribution in [3.63, 3.8) is 0 Å². The van der Waals surface area contributed by atoms with E-state index in [1.54, 1.807) is 18.4 Å². The molecule has 128 valence electrons. The van der Waals surface area contributed by atoms with Crippen LogP contribution in [0.1, 0.15) is 33.5 Å². The summed E-state index contributed by atoms with van der Waals surface area (Å²) < 4.78 is 10.8. The van der Waals surface area contributed by atoms with Crippen molar-refractivity contribution >= 4 is 5.91 Å². The first-order valence-electron chi connectivity index (χ1n) is 8.58.